The van der Waals surface area contributed by atoms with Crippen LogP contribution in [0.2, 0.25) is 0 Å². The van der Waals surface area contributed by atoms with Crippen molar-refractivity contribution in [3.05, 3.63) is 35.1 Å². The largest absolute Gasteiger partial charge is 0.313 e. The first-order chi connectivity index (χ1) is 9.17. The molecule has 1 aliphatic rings. The average Bonchev–Trinajstić information content (AvgIpc) is 2.44. The lowest BCUT2D eigenvalue weighted by Gasteiger charge is -2.37. The van der Waals surface area contributed by atoms with Crippen LogP contribution in [0.3, 0.4) is 0 Å². The molecule has 1 N–H and O–H groups in total. The minimum atomic E-state index is -0.121. The van der Waals surface area contributed by atoms with Gasteiger partial charge in [0, 0.05) is 6.04 Å². The standard InChI is InChI=1S/C17H26FN/c1-4-13-7-5-6-8-15(13)17(19-3)16-11-14(18)10-9-12(16)2/h9-11,13,15,17,19H,4-8H2,1-3H3. The fraction of sp³-hybridized carbons (Fsp3) is 0.647. The fourth-order valence-electron chi connectivity index (χ4n) is 3.73. The average molecular weight is 263 g/mol. The number of aryl methyl sites for hydroxylation is 1. The molecule has 19 heavy (non-hydrogen) atoms. The molecule has 0 heterocycles. The summed E-state index contributed by atoms with van der Waals surface area (Å²) in [4.78, 5) is 0. The van der Waals surface area contributed by atoms with Crippen molar-refractivity contribution in [2.75, 3.05) is 7.05 Å². The number of hydrogen-bond donors (Lipinski definition) is 1. The van der Waals surface area contributed by atoms with E-state index in [1.54, 1.807) is 12.1 Å². The predicted octanol–water partition coefficient (Wildman–Crippen LogP) is 4.61. The van der Waals surface area contributed by atoms with Gasteiger partial charge in [-0.05, 0) is 55.5 Å². The quantitative estimate of drug-likeness (QED) is 0.836. The molecular formula is C17H26FN. The lowest BCUT2D eigenvalue weighted by atomic mass is 9.72. The first kappa shape index (κ1) is 14.5. The molecule has 1 aromatic rings. The Hall–Kier alpha value is -0.890. The van der Waals surface area contributed by atoms with E-state index in [1.807, 2.05) is 13.1 Å². The highest BCUT2D eigenvalue weighted by atomic mass is 19.1. The summed E-state index contributed by atoms with van der Waals surface area (Å²) in [5.41, 5.74) is 2.34. The summed E-state index contributed by atoms with van der Waals surface area (Å²) in [5.74, 6) is 1.29. The normalized spacial score (nSPS) is 25.3. The highest BCUT2D eigenvalue weighted by Gasteiger charge is 2.31. The number of rotatable bonds is 4. The molecule has 2 rings (SSSR count). The molecule has 1 aromatic carbocycles. The van der Waals surface area contributed by atoms with Crippen LogP contribution in [0.4, 0.5) is 4.39 Å². The third kappa shape index (κ3) is 3.17. The highest BCUT2D eigenvalue weighted by molar-refractivity contribution is 5.30. The SMILES string of the molecule is CCC1CCCCC1C(NC)c1cc(F)ccc1C. The van der Waals surface area contributed by atoms with Gasteiger partial charge in [0.05, 0.1) is 0 Å². The lowest BCUT2D eigenvalue weighted by molar-refractivity contribution is 0.180. The Labute approximate surface area is 116 Å². The molecule has 2 heteroatoms. The molecule has 3 atom stereocenters. The third-order valence-electron chi connectivity index (χ3n) is 4.81. The summed E-state index contributed by atoms with van der Waals surface area (Å²) < 4.78 is 13.6. The summed E-state index contributed by atoms with van der Waals surface area (Å²) >= 11 is 0. The Balaban J connectivity index is 2.29. The van der Waals surface area contributed by atoms with Gasteiger partial charge in [-0.25, -0.2) is 4.39 Å². The molecule has 3 unspecified atom stereocenters. The van der Waals surface area contributed by atoms with E-state index >= 15 is 0 Å². The van der Waals surface area contributed by atoms with E-state index < -0.39 is 0 Å². The van der Waals surface area contributed by atoms with Crippen molar-refractivity contribution < 1.29 is 4.39 Å². The molecule has 0 amide bonds. The van der Waals surface area contributed by atoms with E-state index in [2.05, 4.69) is 19.2 Å². The van der Waals surface area contributed by atoms with Crippen LogP contribution in [-0.4, -0.2) is 7.05 Å². The minimum absolute atomic E-state index is 0.121. The molecule has 0 saturated heterocycles. The van der Waals surface area contributed by atoms with Crippen LogP contribution in [0.5, 0.6) is 0 Å². The summed E-state index contributed by atoms with van der Waals surface area (Å²) in [6, 6.07) is 5.47. The molecule has 0 aromatic heterocycles. The molecule has 0 aliphatic heterocycles. The van der Waals surface area contributed by atoms with Crippen LogP contribution < -0.4 is 5.32 Å². The molecule has 1 fully saturated rings. The van der Waals surface area contributed by atoms with Gasteiger partial charge >= 0.3 is 0 Å². The molecule has 1 nitrogen and oxygen atoms in total. The first-order valence-electron chi connectivity index (χ1n) is 7.60. The second kappa shape index (κ2) is 6.51. The molecular weight excluding hydrogens is 237 g/mol. The van der Waals surface area contributed by atoms with Crippen LogP contribution in [0.15, 0.2) is 18.2 Å². The van der Waals surface area contributed by atoms with E-state index in [0.717, 1.165) is 11.5 Å². The van der Waals surface area contributed by atoms with Crippen LogP contribution in [0.25, 0.3) is 0 Å². The van der Waals surface area contributed by atoms with Crippen LogP contribution in [0.1, 0.15) is 56.2 Å². The summed E-state index contributed by atoms with van der Waals surface area (Å²) in [6.07, 6.45) is 6.49. The number of benzene rings is 1. The highest BCUT2D eigenvalue weighted by Crippen LogP contribution is 2.40. The lowest BCUT2D eigenvalue weighted by Crippen LogP contribution is -2.33. The van der Waals surface area contributed by atoms with E-state index in [9.17, 15) is 4.39 Å². The van der Waals surface area contributed by atoms with Gasteiger partial charge in [-0.1, -0.05) is 38.7 Å². The smallest absolute Gasteiger partial charge is 0.123 e. The second-order valence-electron chi connectivity index (χ2n) is 5.88. The Kier molecular flexibility index (Phi) is 4.98. The van der Waals surface area contributed by atoms with Gasteiger partial charge in [0.15, 0.2) is 0 Å². The van der Waals surface area contributed by atoms with Crippen molar-refractivity contribution in [3.63, 3.8) is 0 Å². The maximum Gasteiger partial charge on any atom is 0.123 e. The number of halogens is 1. The van der Waals surface area contributed by atoms with Crippen molar-refractivity contribution >= 4 is 0 Å². The van der Waals surface area contributed by atoms with Gasteiger partial charge in [-0.15, -0.1) is 0 Å². The topological polar surface area (TPSA) is 12.0 Å². The van der Waals surface area contributed by atoms with Gasteiger partial charge in [-0.3, -0.25) is 0 Å². The minimum Gasteiger partial charge on any atom is -0.313 e. The molecule has 0 spiro atoms. The molecule has 106 valence electrons. The van der Waals surface area contributed by atoms with Crippen molar-refractivity contribution in [2.24, 2.45) is 11.8 Å². The van der Waals surface area contributed by atoms with E-state index in [4.69, 9.17) is 0 Å². The van der Waals surface area contributed by atoms with E-state index in [0.29, 0.717) is 12.0 Å². The van der Waals surface area contributed by atoms with Gasteiger partial charge < -0.3 is 5.32 Å². The second-order valence-corrected chi connectivity index (χ2v) is 5.88. The van der Waals surface area contributed by atoms with Crippen molar-refractivity contribution in [1.82, 2.24) is 5.32 Å². The zero-order valence-corrected chi connectivity index (χ0v) is 12.4. The van der Waals surface area contributed by atoms with E-state index in [1.165, 1.54) is 37.7 Å². The van der Waals surface area contributed by atoms with Crippen molar-refractivity contribution in [2.45, 2.75) is 52.0 Å². The predicted molar refractivity (Wildman–Crippen MR) is 78.7 cm³/mol. The van der Waals surface area contributed by atoms with E-state index in [-0.39, 0.29) is 5.82 Å². The summed E-state index contributed by atoms with van der Waals surface area (Å²) in [7, 11) is 2.01. The zero-order valence-electron chi connectivity index (χ0n) is 12.4. The van der Waals surface area contributed by atoms with Gasteiger partial charge in [0.1, 0.15) is 5.82 Å². The van der Waals surface area contributed by atoms with Crippen LogP contribution in [-0.2, 0) is 0 Å². The Morgan fingerprint density at radius 2 is 2.05 bits per heavy atom. The van der Waals surface area contributed by atoms with Crippen LogP contribution >= 0.6 is 0 Å². The molecule has 0 bridgehead atoms. The number of nitrogens with one attached hydrogen (secondary N) is 1. The number of hydrogen-bond acceptors (Lipinski definition) is 1. The Morgan fingerprint density at radius 1 is 1.32 bits per heavy atom. The maximum atomic E-state index is 13.6. The van der Waals surface area contributed by atoms with Gasteiger partial charge in [-0.2, -0.15) is 0 Å². The third-order valence-corrected chi connectivity index (χ3v) is 4.81. The fourth-order valence-corrected chi connectivity index (χ4v) is 3.73. The van der Waals surface area contributed by atoms with Crippen LogP contribution in [0, 0.1) is 24.6 Å². The molecule has 1 aliphatic carbocycles. The molecule has 0 radical (unpaired) electrons. The monoisotopic (exact) mass is 263 g/mol. The first-order valence-corrected chi connectivity index (χ1v) is 7.60. The molecule has 1 saturated carbocycles. The maximum absolute atomic E-state index is 13.6. The van der Waals surface area contributed by atoms with Gasteiger partial charge in [0.25, 0.3) is 0 Å². The summed E-state index contributed by atoms with van der Waals surface area (Å²) in [5, 5.41) is 3.45. The van der Waals surface area contributed by atoms with Crippen molar-refractivity contribution in [3.8, 4) is 0 Å². The van der Waals surface area contributed by atoms with Crippen molar-refractivity contribution in [1.29, 1.82) is 0 Å². The van der Waals surface area contributed by atoms with Gasteiger partial charge in [0.2, 0.25) is 0 Å². The Morgan fingerprint density at radius 3 is 2.74 bits per heavy atom. The Bertz CT molecular complexity index is 416. The zero-order chi connectivity index (χ0) is 13.8. The summed E-state index contributed by atoms with van der Waals surface area (Å²) in [6.45, 7) is 4.37.